The molecule has 0 saturated carbocycles. The lowest BCUT2D eigenvalue weighted by molar-refractivity contribution is 0.140. The van der Waals surface area contributed by atoms with Crippen LogP contribution < -0.4 is 4.72 Å². The average molecular weight is 263 g/mol. The Hall–Kier alpha value is -0.170. The summed E-state index contributed by atoms with van der Waals surface area (Å²) >= 11 is 0. The van der Waals surface area contributed by atoms with Crippen molar-refractivity contribution in [1.29, 1.82) is 0 Å². The Labute approximate surface area is 105 Å². The van der Waals surface area contributed by atoms with Crippen molar-refractivity contribution in [2.45, 2.75) is 27.7 Å². The molecule has 17 heavy (non-hydrogen) atoms. The Morgan fingerprint density at radius 2 is 1.65 bits per heavy atom. The highest BCUT2D eigenvalue weighted by Crippen LogP contribution is 2.17. The van der Waals surface area contributed by atoms with E-state index in [1.54, 1.807) is 6.92 Å². The van der Waals surface area contributed by atoms with Gasteiger partial charge in [0, 0.05) is 39.3 Å². The number of rotatable bonds is 4. The molecule has 5 nitrogen and oxygen atoms in total. The summed E-state index contributed by atoms with van der Waals surface area (Å²) in [7, 11) is -3.24. The maximum Gasteiger partial charge on any atom is 0.279 e. The average Bonchev–Trinajstić information content (AvgIpc) is 2.15. The van der Waals surface area contributed by atoms with Gasteiger partial charge < -0.3 is 4.90 Å². The van der Waals surface area contributed by atoms with Crippen LogP contribution in [0.25, 0.3) is 0 Å². The lowest BCUT2D eigenvalue weighted by Crippen LogP contribution is -2.53. The smallest absolute Gasteiger partial charge is 0.279 e. The first-order chi connectivity index (χ1) is 7.74. The van der Waals surface area contributed by atoms with Gasteiger partial charge in [-0.3, -0.25) is 0 Å². The fourth-order valence-corrected chi connectivity index (χ4v) is 3.26. The highest BCUT2D eigenvalue weighted by Gasteiger charge is 2.27. The first-order valence-electron chi connectivity index (χ1n) is 6.22. The number of nitrogens with zero attached hydrogens (tertiary/aromatic N) is 2. The molecule has 0 aliphatic carbocycles. The number of hydrogen-bond acceptors (Lipinski definition) is 3. The van der Waals surface area contributed by atoms with Gasteiger partial charge in [0.2, 0.25) is 0 Å². The Morgan fingerprint density at radius 3 is 2.06 bits per heavy atom. The third-order valence-electron chi connectivity index (χ3n) is 2.70. The molecule has 0 spiro atoms. The molecule has 0 unspecified atom stereocenters. The summed E-state index contributed by atoms with van der Waals surface area (Å²) in [4.78, 5) is 2.33. The van der Waals surface area contributed by atoms with E-state index in [2.05, 4.69) is 30.4 Å². The van der Waals surface area contributed by atoms with Gasteiger partial charge in [-0.25, -0.2) is 4.72 Å². The monoisotopic (exact) mass is 263 g/mol. The Morgan fingerprint density at radius 1 is 1.12 bits per heavy atom. The van der Waals surface area contributed by atoms with Crippen LogP contribution in [0, 0.1) is 5.41 Å². The Kier molecular flexibility index (Phi) is 4.95. The van der Waals surface area contributed by atoms with E-state index in [9.17, 15) is 8.42 Å². The summed E-state index contributed by atoms with van der Waals surface area (Å²) in [5.41, 5.74) is 0.267. The molecule has 0 amide bonds. The summed E-state index contributed by atoms with van der Waals surface area (Å²) in [5, 5.41) is 0. The van der Waals surface area contributed by atoms with E-state index in [0.717, 1.165) is 19.6 Å². The van der Waals surface area contributed by atoms with E-state index in [1.807, 2.05) is 0 Å². The summed E-state index contributed by atoms with van der Waals surface area (Å²) in [5.74, 6) is 0. The first-order valence-corrected chi connectivity index (χ1v) is 7.66. The molecule has 0 atom stereocenters. The molecule has 0 aromatic heterocycles. The van der Waals surface area contributed by atoms with Crippen molar-refractivity contribution in [2.75, 3.05) is 39.3 Å². The van der Waals surface area contributed by atoms with Crippen molar-refractivity contribution < 1.29 is 8.42 Å². The standard InChI is InChI=1S/C11H25N3O2S/c1-5-12-17(15,16)14-8-6-13(7-9-14)10-11(2,3)4/h12H,5-10H2,1-4H3. The van der Waals surface area contributed by atoms with Crippen molar-refractivity contribution in [2.24, 2.45) is 5.41 Å². The quantitative estimate of drug-likeness (QED) is 0.804. The van der Waals surface area contributed by atoms with E-state index >= 15 is 0 Å². The van der Waals surface area contributed by atoms with Crippen LogP contribution in [-0.4, -0.2) is 56.9 Å². The minimum absolute atomic E-state index is 0.267. The second-order valence-electron chi connectivity index (χ2n) is 5.74. The fraction of sp³-hybridized carbons (Fsp3) is 1.00. The zero-order valence-corrected chi connectivity index (χ0v) is 12.2. The van der Waals surface area contributed by atoms with Crippen LogP contribution in [0.5, 0.6) is 0 Å². The summed E-state index contributed by atoms with van der Waals surface area (Å²) in [6, 6.07) is 0. The second-order valence-corrected chi connectivity index (χ2v) is 7.49. The molecule has 1 saturated heterocycles. The molecule has 6 heteroatoms. The molecule has 0 aromatic rings. The Bertz CT molecular complexity index is 327. The predicted octanol–water partition coefficient (Wildman–Crippen LogP) is 0.504. The molecule has 1 N–H and O–H groups in total. The van der Waals surface area contributed by atoms with Gasteiger partial charge in [0.15, 0.2) is 0 Å². The number of hydrogen-bond donors (Lipinski definition) is 1. The SMILES string of the molecule is CCNS(=O)(=O)N1CCN(CC(C)(C)C)CC1. The minimum atomic E-state index is -3.24. The molecular formula is C11H25N3O2S. The fourth-order valence-electron chi connectivity index (χ4n) is 2.07. The van der Waals surface area contributed by atoms with Crippen LogP contribution in [0.4, 0.5) is 0 Å². The highest BCUT2D eigenvalue weighted by atomic mass is 32.2. The van der Waals surface area contributed by atoms with Crippen molar-refractivity contribution in [1.82, 2.24) is 13.9 Å². The van der Waals surface area contributed by atoms with E-state index in [1.165, 1.54) is 4.31 Å². The van der Waals surface area contributed by atoms with Gasteiger partial charge in [-0.1, -0.05) is 27.7 Å². The van der Waals surface area contributed by atoms with Gasteiger partial charge in [0.05, 0.1) is 0 Å². The van der Waals surface area contributed by atoms with E-state index in [4.69, 9.17) is 0 Å². The lowest BCUT2D eigenvalue weighted by Gasteiger charge is -2.37. The van der Waals surface area contributed by atoms with E-state index in [-0.39, 0.29) is 5.41 Å². The minimum Gasteiger partial charge on any atom is -0.300 e. The van der Waals surface area contributed by atoms with Gasteiger partial charge in [0.25, 0.3) is 10.2 Å². The van der Waals surface area contributed by atoms with Crippen molar-refractivity contribution in [3.8, 4) is 0 Å². The van der Waals surface area contributed by atoms with Gasteiger partial charge in [-0.2, -0.15) is 12.7 Å². The van der Waals surface area contributed by atoms with Gasteiger partial charge in [0.1, 0.15) is 0 Å². The van der Waals surface area contributed by atoms with Gasteiger partial charge in [-0.15, -0.1) is 0 Å². The predicted molar refractivity (Wildman–Crippen MR) is 70.1 cm³/mol. The molecule has 1 rings (SSSR count). The summed E-state index contributed by atoms with van der Waals surface area (Å²) < 4.78 is 27.6. The van der Waals surface area contributed by atoms with Crippen LogP contribution in [-0.2, 0) is 10.2 Å². The molecule has 1 aliphatic heterocycles. The summed E-state index contributed by atoms with van der Waals surface area (Å²) in [6.45, 7) is 12.7. The molecule has 1 heterocycles. The Balaban J connectivity index is 2.46. The topological polar surface area (TPSA) is 52.7 Å². The van der Waals surface area contributed by atoms with Gasteiger partial charge >= 0.3 is 0 Å². The van der Waals surface area contributed by atoms with E-state index in [0.29, 0.717) is 19.6 Å². The molecule has 0 radical (unpaired) electrons. The highest BCUT2D eigenvalue weighted by molar-refractivity contribution is 7.87. The molecule has 1 aliphatic rings. The van der Waals surface area contributed by atoms with Crippen LogP contribution in [0.2, 0.25) is 0 Å². The molecule has 102 valence electrons. The molecule has 1 fully saturated rings. The second kappa shape index (κ2) is 5.65. The molecule has 0 bridgehead atoms. The van der Waals surface area contributed by atoms with Crippen molar-refractivity contribution >= 4 is 10.2 Å². The maximum atomic E-state index is 11.8. The van der Waals surface area contributed by atoms with Crippen LogP contribution in [0.3, 0.4) is 0 Å². The van der Waals surface area contributed by atoms with E-state index < -0.39 is 10.2 Å². The molecule has 0 aromatic carbocycles. The third kappa shape index (κ3) is 4.91. The van der Waals surface area contributed by atoms with Gasteiger partial charge in [-0.05, 0) is 5.41 Å². The van der Waals surface area contributed by atoms with Crippen molar-refractivity contribution in [3.05, 3.63) is 0 Å². The van der Waals surface area contributed by atoms with Crippen LogP contribution in [0.15, 0.2) is 0 Å². The van der Waals surface area contributed by atoms with Crippen LogP contribution in [0.1, 0.15) is 27.7 Å². The zero-order valence-electron chi connectivity index (χ0n) is 11.4. The summed E-state index contributed by atoms with van der Waals surface area (Å²) in [6.07, 6.45) is 0. The lowest BCUT2D eigenvalue weighted by atomic mass is 9.96. The number of piperazine rings is 1. The third-order valence-corrected chi connectivity index (χ3v) is 4.39. The largest absolute Gasteiger partial charge is 0.300 e. The maximum absolute atomic E-state index is 11.8. The van der Waals surface area contributed by atoms with Crippen molar-refractivity contribution in [3.63, 3.8) is 0 Å². The zero-order chi connectivity index (χ0) is 13.1. The van der Waals surface area contributed by atoms with Crippen LogP contribution >= 0.6 is 0 Å². The number of nitrogens with one attached hydrogen (secondary N) is 1. The molecular weight excluding hydrogens is 238 g/mol. The normalized spacial score (nSPS) is 20.7. The first kappa shape index (κ1) is 14.9.